The van der Waals surface area contributed by atoms with Crippen LogP contribution in [0.25, 0.3) is 0 Å². The van der Waals surface area contributed by atoms with Gasteiger partial charge < -0.3 is 19.1 Å². The van der Waals surface area contributed by atoms with E-state index in [9.17, 15) is 4.79 Å². The predicted molar refractivity (Wildman–Crippen MR) is 132 cm³/mol. The monoisotopic (exact) mass is 457 g/mol. The SMILES string of the molecule is O=C1C=CC(OCc2ccccc2)C(COCc2ccccc2)N1CCOCc1ccccc1. The lowest BCUT2D eigenvalue weighted by Crippen LogP contribution is -2.53. The molecule has 176 valence electrons. The highest BCUT2D eigenvalue weighted by Gasteiger charge is 2.33. The van der Waals surface area contributed by atoms with E-state index >= 15 is 0 Å². The van der Waals surface area contributed by atoms with E-state index in [0.717, 1.165) is 16.7 Å². The second kappa shape index (κ2) is 12.8. The van der Waals surface area contributed by atoms with Crippen molar-refractivity contribution in [3.05, 3.63) is 120 Å². The first-order chi connectivity index (χ1) is 16.8. The molecule has 3 aromatic rings. The summed E-state index contributed by atoms with van der Waals surface area (Å²) in [5.41, 5.74) is 3.30. The Morgan fingerprint density at radius 3 is 1.79 bits per heavy atom. The third-order valence-corrected chi connectivity index (χ3v) is 5.76. The maximum atomic E-state index is 12.8. The van der Waals surface area contributed by atoms with Gasteiger partial charge in [-0.05, 0) is 22.8 Å². The Balaban J connectivity index is 1.37. The molecule has 4 rings (SSSR count). The number of rotatable bonds is 12. The fourth-order valence-electron chi connectivity index (χ4n) is 3.93. The van der Waals surface area contributed by atoms with Crippen LogP contribution in [0.4, 0.5) is 0 Å². The number of carbonyl (C=O) groups excluding carboxylic acids is 1. The molecule has 0 N–H and O–H groups in total. The Morgan fingerprint density at radius 2 is 1.21 bits per heavy atom. The summed E-state index contributed by atoms with van der Waals surface area (Å²) >= 11 is 0. The molecule has 1 aliphatic rings. The lowest BCUT2D eigenvalue weighted by atomic mass is 10.0. The van der Waals surface area contributed by atoms with Crippen molar-refractivity contribution in [2.45, 2.75) is 32.0 Å². The fourth-order valence-corrected chi connectivity index (χ4v) is 3.93. The van der Waals surface area contributed by atoms with Crippen molar-refractivity contribution in [2.75, 3.05) is 19.8 Å². The lowest BCUT2D eigenvalue weighted by molar-refractivity contribution is -0.137. The molecule has 2 atom stereocenters. The number of benzene rings is 3. The van der Waals surface area contributed by atoms with Crippen molar-refractivity contribution in [1.82, 2.24) is 4.90 Å². The molecule has 1 heterocycles. The van der Waals surface area contributed by atoms with Crippen molar-refractivity contribution in [1.29, 1.82) is 0 Å². The Bertz CT molecular complexity index is 1020. The van der Waals surface area contributed by atoms with E-state index in [1.165, 1.54) is 0 Å². The van der Waals surface area contributed by atoms with Gasteiger partial charge in [0.1, 0.15) is 0 Å². The van der Waals surface area contributed by atoms with Crippen LogP contribution in [0.5, 0.6) is 0 Å². The first-order valence-electron chi connectivity index (χ1n) is 11.7. The molecule has 0 radical (unpaired) electrons. The Hall–Kier alpha value is -3.25. The summed E-state index contributed by atoms with van der Waals surface area (Å²) in [7, 11) is 0. The fraction of sp³-hybridized carbons (Fsp3) is 0.276. The van der Waals surface area contributed by atoms with Gasteiger partial charge in [0.05, 0.1) is 45.2 Å². The number of carbonyl (C=O) groups is 1. The summed E-state index contributed by atoms with van der Waals surface area (Å²) in [6, 6.07) is 29.9. The van der Waals surface area contributed by atoms with Crippen molar-refractivity contribution in [3.63, 3.8) is 0 Å². The molecule has 0 spiro atoms. The minimum Gasteiger partial charge on any atom is -0.375 e. The van der Waals surface area contributed by atoms with Crippen molar-refractivity contribution >= 4 is 5.91 Å². The van der Waals surface area contributed by atoms with Crippen LogP contribution in [-0.4, -0.2) is 42.7 Å². The van der Waals surface area contributed by atoms with E-state index in [1.54, 1.807) is 6.08 Å². The van der Waals surface area contributed by atoms with Crippen LogP contribution in [0, 0.1) is 0 Å². The normalized spacial score (nSPS) is 17.8. The topological polar surface area (TPSA) is 48.0 Å². The molecule has 0 saturated heterocycles. The second-order valence-corrected chi connectivity index (χ2v) is 8.26. The van der Waals surface area contributed by atoms with Gasteiger partial charge in [-0.25, -0.2) is 0 Å². The second-order valence-electron chi connectivity index (χ2n) is 8.26. The summed E-state index contributed by atoms with van der Waals surface area (Å²) in [5.74, 6) is -0.0452. The van der Waals surface area contributed by atoms with Crippen molar-refractivity contribution in [3.8, 4) is 0 Å². The molecule has 34 heavy (non-hydrogen) atoms. The van der Waals surface area contributed by atoms with E-state index in [4.69, 9.17) is 14.2 Å². The maximum Gasteiger partial charge on any atom is 0.246 e. The van der Waals surface area contributed by atoms with Crippen LogP contribution < -0.4 is 0 Å². The lowest BCUT2D eigenvalue weighted by Gasteiger charge is -2.38. The Morgan fingerprint density at radius 1 is 0.676 bits per heavy atom. The summed E-state index contributed by atoms with van der Waals surface area (Å²) in [6.45, 7) is 2.76. The number of ether oxygens (including phenoxy) is 3. The van der Waals surface area contributed by atoms with Gasteiger partial charge in [-0.3, -0.25) is 4.79 Å². The Labute approximate surface area is 201 Å². The highest BCUT2D eigenvalue weighted by Crippen LogP contribution is 2.19. The third-order valence-electron chi connectivity index (χ3n) is 5.76. The molecule has 1 aliphatic heterocycles. The highest BCUT2D eigenvalue weighted by molar-refractivity contribution is 5.89. The predicted octanol–water partition coefficient (Wildman–Crippen LogP) is 4.77. The minimum absolute atomic E-state index is 0.0452. The van der Waals surface area contributed by atoms with E-state index in [1.807, 2.05) is 102 Å². The minimum atomic E-state index is -0.261. The number of amides is 1. The summed E-state index contributed by atoms with van der Waals surface area (Å²) in [4.78, 5) is 14.6. The molecule has 2 unspecified atom stereocenters. The number of nitrogens with zero attached hydrogens (tertiary/aromatic N) is 1. The van der Waals surface area contributed by atoms with Gasteiger partial charge in [-0.1, -0.05) is 91.0 Å². The maximum absolute atomic E-state index is 12.8. The summed E-state index contributed by atoms with van der Waals surface area (Å²) in [5, 5.41) is 0. The largest absolute Gasteiger partial charge is 0.375 e. The van der Waals surface area contributed by atoms with Crippen LogP contribution in [0.1, 0.15) is 16.7 Å². The van der Waals surface area contributed by atoms with Crippen LogP contribution in [0.15, 0.2) is 103 Å². The Kier molecular flexibility index (Phi) is 9.03. The smallest absolute Gasteiger partial charge is 0.246 e. The van der Waals surface area contributed by atoms with Crippen molar-refractivity contribution in [2.24, 2.45) is 0 Å². The van der Waals surface area contributed by atoms with E-state index in [-0.39, 0.29) is 18.1 Å². The zero-order chi connectivity index (χ0) is 23.4. The molecule has 0 aromatic heterocycles. The highest BCUT2D eigenvalue weighted by atomic mass is 16.5. The van der Waals surface area contributed by atoms with Gasteiger partial charge in [-0.15, -0.1) is 0 Å². The van der Waals surface area contributed by atoms with E-state index in [2.05, 4.69) is 0 Å². The molecule has 0 fully saturated rings. The van der Waals surface area contributed by atoms with Crippen LogP contribution >= 0.6 is 0 Å². The molecule has 0 aliphatic carbocycles. The van der Waals surface area contributed by atoms with Gasteiger partial charge in [0.15, 0.2) is 0 Å². The number of hydrogen-bond acceptors (Lipinski definition) is 4. The van der Waals surface area contributed by atoms with Gasteiger partial charge in [0.25, 0.3) is 0 Å². The van der Waals surface area contributed by atoms with E-state index in [0.29, 0.717) is 39.6 Å². The molecular weight excluding hydrogens is 426 g/mol. The molecule has 5 heteroatoms. The molecule has 1 amide bonds. The zero-order valence-corrected chi connectivity index (χ0v) is 19.3. The third kappa shape index (κ3) is 7.12. The van der Waals surface area contributed by atoms with Crippen LogP contribution in [-0.2, 0) is 38.8 Å². The quantitative estimate of drug-likeness (QED) is 0.368. The summed E-state index contributed by atoms with van der Waals surface area (Å²) < 4.78 is 18.1. The number of hydrogen-bond donors (Lipinski definition) is 0. The molecule has 5 nitrogen and oxygen atoms in total. The first kappa shape index (κ1) is 23.9. The molecule has 0 bridgehead atoms. The summed E-state index contributed by atoms with van der Waals surface area (Å²) in [6.07, 6.45) is 3.19. The molecule has 3 aromatic carbocycles. The van der Waals surface area contributed by atoms with Crippen molar-refractivity contribution < 1.29 is 19.0 Å². The van der Waals surface area contributed by atoms with Crippen LogP contribution in [0.3, 0.4) is 0 Å². The van der Waals surface area contributed by atoms with Crippen LogP contribution in [0.2, 0.25) is 0 Å². The van der Waals surface area contributed by atoms with Gasteiger partial charge in [0.2, 0.25) is 5.91 Å². The standard InChI is InChI=1S/C29H31NO4/c31-29-17-16-28(34-22-26-14-8-3-9-15-26)27(23-33-21-25-12-6-2-7-13-25)30(29)18-19-32-20-24-10-4-1-5-11-24/h1-17,27-28H,18-23H2. The van der Waals surface area contributed by atoms with E-state index < -0.39 is 0 Å². The van der Waals surface area contributed by atoms with Gasteiger partial charge in [0, 0.05) is 12.6 Å². The average molecular weight is 458 g/mol. The van der Waals surface area contributed by atoms with Gasteiger partial charge in [-0.2, -0.15) is 0 Å². The first-order valence-corrected chi connectivity index (χ1v) is 11.7. The zero-order valence-electron chi connectivity index (χ0n) is 19.3. The average Bonchev–Trinajstić information content (AvgIpc) is 2.89. The molecule has 0 saturated carbocycles. The molecular formula is C29H31NO4. The van der Waals surface area contributed by atoms with Gasteiger partial charge >= 0.3 is 0 Å².